The Kier molecular flexibility index (Phi) is 4.96. The smallest absolute Gasteiger partial charge is 0.253 e. The van der Waals surface area contributed by atoms with Crippen LogP contribution in [0.5, 0.6) is 5.75 Å². The van der Waals surface area contributed by atoms with Crippen molar-refractivity contribution in [2.24, 2.45) is 0 Å². The number of amides is 1. The standard InChI is InChI=1S/C12H16BrNO3/c1-7-5-9(13)6-10(17-4)11(7)14-12(15)8(2)16-3/h5-6,8H,1-4H3,(H,14,15). The molecule has 0 radical (unpaired) electrons. The maximum Gasteiger partial charge on any atom is 0.253 e. The van der Waals surface area contributed by atoms with Gasteiger partial charge in [-0.25, -0.2) is 0 Å². The number of carbonyl (C=O) groups excluding carboxylic acids is 1. The first-order valence-electron chi connectivity index (χ1n) is 5.17. The Labute approximate surface area is 109 Å². The molecule has 1 aromatic rings. The molecule has 4 nitrogen and oxygen atoms in total. The predicted octanol–water partition coefficient (Wildman–Crippen LogP) is 2.74. The SMILES string of the molecule is COc1cc(Br)cc(C)c1NC(=O)C(C)OC. The van der Waals surface area contributed by atoms with Crippen molar-refractivity contribution in [3.8, 4) is 5.75 Å². The quantitative estimate of drug-likeness (QED) is 0.930. The zero-order valence-electron chi connectivity index (χ0n) is 10.3. The van der Waals surface area contributed by atoms with E-state index in [9.17, 15) is 4.79 Å². The predicted molar refractivity (Wildman–Crippen MR) is 70.5 cm³/mol. The number of anilines is 1. The van der Waals surface area contributed by atoms with Gasteiger partial charge in [-0.15, -0.1) is 0 Å². The van der Waals surface area contributed by atoms with Gasteiger partial charge in [0.25, 0.3) is 5.91 Å². The first-order chi connectivity index (χ1) is 7.99. The number of methoxy groups -OCH3 is 2. The van der Waals surface area contributed by atoms with E-state index in [1.165, 1.54) is 7.11 Å². The lowest BCUT2D eigenvalue weighted by Crippen LogP contribution is -2.27. The fraction of sp³-hybridized carbons (Fsp3) is 0.417. The Morgan fingerprint density at radius 1 is 1.41 bits per heavy atom. The van der Waals surface area contributed by atoms with Crippen molar-refractivity contribution >= 4 is 27.5 Å². The van der Waals surface area contributed by atoms with Crippen molar-refractivity contribution in [3.63, 3.8) is 0 Å². The molecule has 17 heavy (non-hydrogen) atoms. The molecule has 0 aromatic heterocycles. The number of nitrogens with one attached hydrogen (secondary N) is 1. The lowest BCUT2D eigenvalue weighted by Gasteiger charge is -2.15. The van der Waals surface area contributed by atoms with Crippen molar-refractivity contribution in [1.29, 1.82) is 0 Å². The summed E-state index contributed by atoms with van der Waals surface area (Å²) >= 11 is 3.38. The van der Waals surface area contributed by atoms with Gasteiger partial charge in [-0.3, -0.25) is 4.79 Å². The summed E-state index contributed by atoms with van der Waals surface area (Å²) in [6.45, 7) is 3.59. The highest BCUT2D eigenvalue weighted by molar-refractivity contribution is 9.10. The summed E-state index contributed by atoms with van der Waals surface area (Å²) in [5, 5.41) is 2.80. The average molecular weight is 302 g/mol. The van der Waals surface area contributed by atoms with Gasteiger partial charge in [-0.2, -0.15) is 0 Å². The Hall–Kier alpha value is -1.07. The summed E-state index contributed by atoms with van der Waals surface area (Å²) in [4.78, 5) is 11.7. The first-order valence-corrected chi connectivity index (χ1v) is 5.96. The van der Waals surface area contributed by atoms with Crippen LogP contribution in [0.4, 0.5) is 5.69 Å². The van der Waals surface area contributed by atoms with E-state index in [0.717, 1.165) is 10.0 Å². The Balaban J connectivity index is 3.01. The molecule has 1 atom stereocenters. The van der Waals surface area contributed by atoms with Gasteiger partial charge < -0.3 is 14.8 Å². The summed E-state index contributed by atoms with van der Waals surface area (Å²) in [5.74, 6) is 0.421. The highest BCUT2D eigenvalue weighted by Crippen LogP contribution is 2.32. The maximum atomic E-state index is 11.7. The topological polar surface area (TPSA) is 47.6 Å². The first kappa shape index (κ1) is 14.0. The number of rotatable bonds is 4. The lowest BCUT2D eigenvalue weighted by atomic mass is 10.1. The van der Waals surface area contributed by atoms with Gasteiger partial charge in [0.2, 0.25) is 0 Å². The molecule has 1 rings (SSSR count). The lowest BCUT2D eigenvalue weighted by molar-refractivity contribution is -0.124. The molecule has 0 fully saturated rings. The van der Waals surface area contributed by atoms with Gasteiger partial charge in [0.05, 0.1) is 12.8 Å². The number of halogens is 1. The van der Waals surface area contributed by atoms with Crippen LogP contribution in [0.25, 0.3) is 0 Å². The van der Waals surface area contributed by atoms with Crippen LogP contribution in [0.3, 0.4) is 0 Å². The largest absolute Gasteiger partial charge is 0.495 e. The third-order valence-electron chi connectivity index (χ3n) is 2.46. The summed E-state index contributed by atoms with van der Waals surface area (Å²) < 4.78 is 11.1. The number of benzene rings is 1. The normalized spacial score (nSPS) is 12.1. The average Bonchev–Trinajstić information content (AvgIpc) is 2.30. The molecule has 1 N–H and O–H groups in total. The molecule has 94 valence electrons. The summed E-state index contributed by atoms with van der Waals surface area (Å²) in [6, 6.07) is 3.72. The monoisotopic (exact) mass is 301 g/mol. The van der Waals surface area contributed by atoms with Crippen LogP contribution in [0.2, 0.25) is 0 Å². The summed E-state index contributed by atoms with van der Waals surface area (Å²) in [7, 11) is 3.06. The molecule has 1 aromatic carbocycles. The molecule has 1 amide bonds. The third kappa shape index (κ3) is 3.44. The van der Waals surface area contributed by atoms with Crippen LogP contribution in [0.1, 0.15) is 12.5 Å². The maximum absolute atomic E-state index is 11.7. The molecule has 0 aliphatic rings. The zero-order chi connectivity index (χ0) is 13.0. The van der Waals surface area contributed by atoms with E-state index in [0.29, 0.717) is 11.4 Å². The number of aryl methyl sites for hydroxylation is 1. The van der Waals surface area contributed by atoms with E-state index in [1.807, 2.05) is 13.0 Å². The highest BCUT2D eigenvalue weighted by atomic mass is 79.9. The summed E-state index contributed by atoms with van der Waals surface area (Å²) in [6.07, 6.45) is -0.497. The number of hydrogen-bond donors (Lipinski definition) is 1. The van der Waals surface area contributed by atoms with Crippen molar-refractivity contribution in [2.75, 3.05) is 19.5 Å². The molecular weight excluding hydrogens is 286 g/mol. The van der Waals surface area contributed by atoms with Gasteiger partial charge in [-0.1, -0.05) is 15.9 Å². The van der Waals surface area contributed by atoms with Crippen LogP contribution in [-0.2, 0) is 9.53 Å². The van der Waals surface area contributed by atoms with Crippen LogP contribution >= 0.6 is 15.9 Å². The van der Waals surface area contributed by atoms with Crippen LogP contribution in [-0.4, -0.2) is 26.2 Å². The van der Waals surface area contributed by atoms with Crippen molar-refractivity contribution in [3.05, 3.63) is 22.2 Å². The molecule has 0 aliphatic heterocycles. The van der Waals surface area contributed by atoms with Gasteiger partial charge >= 0.3 is 0 Å². The van der Waals surface area contributed by atoms with Crippen molar-refractivity contribution in [1.82, 2.24) is 0 Å². The molecule has 5 heteroatoms. The second-order valence-electron chi connectivity index (χ2n) is 3.67. The van der Waals surface area contributed by atoms with Gasteiger partial charge in [-0.05, 0) is 31.5 Å². The van der Waals surface area contributed by atoms with Crippen molar-refractivity contribution in [2.45, 2.75) is 20.0 Å². The number of carbonyl (C=O) groups is 1. The molecule has 0 spiro atoms. The van der Waals surface area contributed by atoms with E-state index in [4.69, 9.17) is 9.47 Å². The fourth-order valence-corrected chi connectivity index (χ4v) is 1.92. The minimum Gasteiger partial charge on any atom is -0.495 e. The zero-order valence-corrected chi connectivity index (χ0v) is 11.9. The van der Waals surface area contributed by atoms with Crippen LogP contribution < -0.4 is 10.1 Å². The Morgan fingerprint density at radius 2 is 2.06 bits per heavy atom. The minimum absolute atomic E-state index is 0.198. The van der Waals surface area contributed by atoms with Crippen LogP contribution in [0.15, 0.2) is 16.6 Å². The second kappa shape index (κ2) is 6.02. The molecular formula is C12H16BrNO3. The Morgan fingerprint density at radius 3 is 2.59 bits per heavy atom. The van der Waals surface area contributed by atoms with E-state index >= 15 is 0 Å². The fourth-order valence-electron chi connectivity index (χ4n) is 1.37. The molecule has 0 saturated carbocycles. The second-order valence-corrected chi connectivity index (χ2v) is 4.58. The van der Waals surface area contributed by atoms with Crippen LogP contribution in [0, 0.1) is 6.92 Å². The van der Waals surface area contributed by atoms with E-state index in [2.05, 4.69) is 21.2 Å². The van der Waals surface area contributed by atoms with Gasteiger partial charge in [0.1, 0.15) is 11.9 Å². The minimum atomic E-state index is -0.497. The van der Waals surface area contributed by atoms with Crippen molar-refractivity contribution < 1.29 is 14.3 Å². The highest BCUT2D eigenvalue weighted by Gasteiger charge is 2.16. The van der Waals surface area contributed by atoms with E-state index in [-0.39, 0.29) is 5.91 Å². The van der Waals surface area contributed by atoms with Gasteiger partial charge in [0, 0.05) is 11.6 Å². The van der Waals surface area contributed by atoms with E-state index in [1.54, 1.807) is 20.1 Å². The summed E-state index contributed by atoms with van der Waals surface area (Å²) in [5.41, 5.74) is 1.59. The molecule has 0 aliphatic carbocycles. The van der Waals surface area contributed by atoms with Gasteiger partial charge in [0.15, 0.2) is 0 Å². The Bertz CT molecular complexity index is 420. The van der Waals surface area contributed by atoms with E-state index < -0.39 is 6.10 Å². The molecule has 0 heterocycles. The molecule has 0 saturated heterocycles. The molecule has 0 bridgehead atoms. The number of ether oxygens (including phenoxy) is 2. The molecule has 1 unspecified atom stereocenters. The third-order valence-corrected chi connectivity index (χ3v) is 2.91. The number of hydrogen-bond acceptors (Lipinski definition) is 3.